The molecule has 0 fully saturated rings. The van der Waals surface area contributed by atoms with Crippen LogP contribution in [0, 0.1) is 0 Å². The van der Waals surface area contributed by atoms with Crippen LogP contribution >= 0.6 is 0 Å². The standard InChI is InChI=1S/C20H24F3N3O2/c1-3-25(4-2)13-16-9-6-5-8-15(16)12-24-18(27)14-26-11-7-10-17(19(26)28)20(21,22)23/h5-11H,3-4,12-14H2,1-2H3,(H,24,27). The molecule has 8 heteroatoms. The minimum absolute atomic E-state index is 0.240. The number of alkyl halides is 3. The van der Waals surface area contributed by atoms with Gasteiger partial charge in [0.25, 0.3) is 5.56 Å². The van der Waals surface area contributed by atoms with Crippen molar-refractivity contribution in [2.45, 2.75) is 39.7 Å². The lowest BCUT2D eigenvalue weighted by atomic mass is 10.1. The summed E-state index contributed by atoms with van der Waals surface area (Å²) in [5.74, 6) is -0.529. The number of aromatic nitrogens is 1. The van der Waals surface area contributed by atoms with E-state index in [-0.39, 0.29) is 6.54 Å². The topological polar surface area (TPSA) is 54.3 Å². The summed E-state index contributed by atoms with van der Waals surface area (Å²) >= 11 is 0. The van der Waals surface area contributed by atoms with Crippen molar-refractivity contribution >= 4 is 5.91 Å². The number of pyridine rings is 1. The molecular weight excluding hydrogens is 371 g/mol. The third kappa shape index (κ3) is 5.69. The van der Waals surface area contributed by atoms with E-state index in [1.54, 1.807) is 0 Å². The smallest absolute Gasteiger partial charge is 0.350 e. The Hall–Kier alpha value is -2.61. The Bertz CT molecular complexity index is 858. The van der Waals surface area contributed by atoms with Gasteiger partial charge in [0.1, 0.15) is 12.1 Å². The van der Waals surface area contributed by atoms with Gasteiger partial charge in [0, 0.05) is 19.3 Å². The number of hydrogen-bond donors (Lipinski definition) is 1. The Kier molecular flexibility index (Phi) is 7.39. The van der Waals surface area contributed by atoms with E-state index in [0.29, 0.717) is 6.07 Å². The largest absolute Gasteiger partial charge is 0.421 e. The van der Waals surface area contributed by atoms with Crippen molar-refractivity contribution in [3.63, 3.8) is 0 Å². The summed E-state index contributed by atoms with van der Waals surface area (Å²) in [4.78, 5) is 26.3. The molecule has 5 nitrogen and oxygen atoms in total. The van der Waals surface area contributed by atoms with Crippen LogP contribution < -0.4 is 10.9 Å². The fourth-order valence-corrected chi connectivity index (χ4v) is 2.85. The highest BCUT2D eigenvalue weighted by Gasteiger charge is 2.34. The summed E-state index contributed by atoms with van der Waals surface area (Å²) in [6.07, 6.45) is -3.58. The zero-order chi connectivity index (χ0) is 20.7. The fourth-order valence-electron chi connectivity index (χ4n) is 2.85. The highest BCUT2D eigenvalue weighted by atomic mass is 19.4. The SMILES string of the molecule is CCN(CC)Cc1ccccc1CNC(=O)Cn1cccc(C(F)(F)F)c1=O. The van der Waals surface area contributed by atoms with Crippen molar-refractivity contribution in [3.05, 3.63) is 69.6 Å². The van der Waals surface area contributed by atoms with Crippen LogP contribution in [0.3, 0.4) is 0 Å². The second kappa shape index (κ2) is 9.54. The van der Waals surface area contributed by atoms with E-state index in [9.17, 15) is 22.8 Å². The number of benzene rings is 1. The van der Waals surface area contributed by atoms with Crippen molar-refractivity contribution in [1.29, 1.82) is 0 Å². The third-order valence-electron chi connectivity index (χ3n) is 4.52. The Labute approximate surface area is 161 Å². The second-order valence-electron chi connectivity index (χ2n) is 6.36. The molecule has 1 aromatic heterocycles. The fraction of sp³-hybridized carbons (Fsp3) is 0.400. The Balaban J connectivity index is 2.06. The van der Waals surface area contributed by atoms with Crippen molar-refractivity contribution in [3.8, 4) is 0 Å². The maximum Gasteiger partial charge on any atom is 0.421 e. The summed E-state index contributed by atoms with van der Waals surface area (Å²) < 4.78 is 39.2. The Morgan fingerprint density at radius 3 is 2.32 bits per heavy atom. The minimum Gasteiger partial charge on any atom is -0.350 e. The molecule has 28 heavy (non-hydrogen) atoms. The summed E-state index contributed by atoms with van der Waals surface area (Å²) in [7, 11) is 0. The van der Waals surface area contributed by atoms with Gasteiger partial charge in [-0.3, -0.25) is 14.5 Å². The van der Waals surface area contributed by atoms with Crippen LogP contribution in [0.4, 0.5) is 13.2 Å². The van der Waals surface area contributed by atoms with E-state index in [4.69, 9.17) is 0 Å². The molecule has 0 aliphatic heterocycles. The first-order valence-electron chi connectivity index (χ1n) is 9.08. The molecule has 1 heterocycles. The lowest BCUT2D eigenvalue weighted by molar-refractivity contribution is -0.139. The van der Waals surface area contributed by atoms with E-state index in [0.717, 1.165) is 41.4 Å². The summed E-state index contributed by atoms with van der Waals surface area (Å²) in [6, 6.07) is 9.49. The molecule has 0 saturated carbocycles. The molecule has 2 rings (SSSR count). The molecule has 152 valence electrons. The maximum absolute atomic E-state index is 12.8. The van der Waals surface area contributed by atoms with Crippen LogP contribution in [0.5, 0.6) is 0 Å². The first-order chi connectivity index (χ1) is 13.3. The molecular formula is C20H24F3N3O2. The summed E-state index contributed by atoms with van der Waals surface area (Å²) in [6.45, 7) is 6.45. The second-order valence-corrected chi connectivity index (χ2v) is 6.36. The van der Waals surface area contributed by atoms with Crippen LogP contribution in [0.15, 0.2) is 47.4 Å². The van der Waals surface area contributed by atoms with Crippen molar-refractivity contribution in [2.75, 3.05) is 13.1 Å². The molecule has 0 atom stereocenters. The van der Waals surface area contributed by atoms with E-state index in [1.165, 1.54) is 6.20 Å². The highest BCUT2D eigenvalue weighted by Crippen LogP contribution is 2.25. The zero-order valence-corrected chi connectivity index (χ0v) is 15.9. The normalized spacial score (nSPS) is 11.6. The van der Waals surface area contributed by atoms with Gasteiger partial charge in [0.15, 0.2) is 0 Å². The molecule has 0 spiro atoms. The number of nitrogens with zero attached hydrogens (tertiary/aromatic N) is 2. The molecule has 1 amide bonds. The van der Waals surface area contributed by atoms with Crippen LogP contribution in [0.25, 0.3) is 0 Å². The van der Waals surface area contributed by atoms with Crippen molar-refractivity contribution in [1.82, 2.24) is 14.8 Å². The number of hydrogen-bond acceptors (Lipinski definition) is 3. The number of halogens is 3. The molecule has 2 aromatic rings. The molecule has 0 aliphatic carbocycles. The van der Waals surface area contributed by atoms with Gasteiger partial charge in [-0.25, -0.2) is 0 Å². The van der Waals surface area contributed by atoms with Crippen molar-refractivity contribution in [2.24, 2.45) is 0 Å². The molecule has 0 radical (unpaired) electrons. The molecule has 0 saturated heterocycles. The predicted octanol–water partition coefficient (Wildman–Crippen LogP) is 3.03. The molecule has 0 bridgehead atoms. The average Bonchev–Trinajstić information content (AvgIpc) is 2.66. The minimum atomic E-state index is -4.75. The quantitative estimate of drug-likeness (QED) is 0.748. The van der Waals surface area contributed by atoms with Crippen molar-refractivity contribution < 1.29 is 18.0 Å². The first-order valence-corrected chi connectivity index (χ1v) is 9.08. The zero-order valence-electron chi connectivity index (χ0n) is 15.9. The number of carbonyl (C=O) groups is 1. The van der Waals surface area contributed by atoms with Gasteiger partial charge in [0.05, 0.1) is 0 Å². The van der Waals surface area contributed by atoms with Crippen LogP contribution in [-0.4, -0.2) is 28.5 Å². The van der Waals surface area contributed by atoms with Gasteiger partial charge in [-0.05, 0) is 36.3 Å². The number of nitrogens with one attached hydrogen (secondary N) is 1. The molecule has 0 unspecified atom stereocenters. The van der Waals surface area contributed by atoms with E-state index in [1.807, 2.05) is 24.3 Å². The third-order valence-corrected chi connectivity index (χ3v) is 4.52. The summed E-state index contributed by atoms with van der Waals surface area (Å²) in [5.41, 5.74) is -0.513. The monoisotopic (exact) mass is 395 g/mol. The lowest BCUT2D eigenvalue weighted by Crippen LogP contribution is -2.34. The Morgan fingerprint density at radius 2 is 1.71 bits per heavy atom. The van der Waals surface area contributed by atoms with E-state index in [2.05, 4.69) is 24.1 Å². The maximum atomic E-state index is 12.8. The van der Waals surface area contributed by atoms with Gasteiger partial charge < -0.3 is 9.88 Å². The van der Waals surface area contributed by atoms with Gasteiger partial charge >= 0.3 is 6.18 Å². The van der Waals surface area contributed by atoms with Gasteiger partial charge in [-0.15, -0.1) is 0 Å². The van der Waals surface area contributed by atoms with Crippen LogP contribution in [0.2, 0.25) is 0 Å². The lowest BCUT2D eigenvalue weighted by Gasteiger charge is -2.20. The number of amides is 1. The van der Waals surface area contributed by atoms with Gasteiger partial charge in [-0.1, -0.05) is 38.1 Å². The van der Waals surface area contributed by atoms with E-state index >= 15 is 0 Å². The molecule has 1 N–H and O–H groups in total. The van der Waals surface area contributed by atoms with Gasteiger partial charge in [-0.2, -0.15) is 13.2 Å². The first kappa shape index (κ1) is 21.7. The Morgan fingerprint density at radius 1 is 1.07 bits per heavy atom. The van der Waals surface area contributed by atoms with Gasteiger partial charge in [0.2, 0.25) is 5.91 Å². The molecule has 0 aliphatic rings. The predicted molar refractivity (Wildman–Crippen MR) is 101 cm³/mol. The van der Waals surface area contributed by atoms with Crippen LogP contribution in [-0.2, 0) is 30.6 Å². The molecule has 1 aromatic carbocycles. The van der Waals surface area contributed by atoms with Crippen LogP contribution in [0.1, 0.15) is 30.5 Å². The number of carbonyl (C=O) groups excluding carboxylic acids is 1. The summed E-state index contributed by atoms with van der Waals surface area (Å²) in [5, 5.41) is 2.68. The number of rotatable bonds is 8. The highest BCUT2D eigenvalue weighted by molar-refractivity contribution is 5.75. The average molecular weight is 395 g/mol. The van der Waals surface area contributed by atoms with E-state index < -0.39 is 29.8 Å².